The molecule has 0 radical (unpaired) electrons. The molecule has 0 N–H and O–H groups in total. The van der Waals surface area contributed by atoms with E-state index >= 15 is 0 Å². The van der Waals surface area contributed by atoms with Crippen LogP contribution < -0.4 is 4.74 Å². The number of carbonyl (C=O) groups is 1. The smallest absolute Gasteiger partial charge is 0.308 e. The van der Waals surface area contributed by atoms with Gasteiger partial charge in [0.2, 0.25) is 5.82 Å². The average molecular weight is 557 g/mol. The van der Waals surface area contributed by atoms with Crippen LogP contribution in [0.1, 0.15) is 55.3 Å². The Morgan fingerprint density at radius 3 is 2.71 bits per heavy atom. The van der Waals surface area contributed by atoms with Crippen molar-refractivity contribution in [2.24, 2.45) is 0 Å². The highest BCUT2D eigenvalue weighted by Gasteiger charge is 2.41. The maximum Gasteiger partial charge on any atom is 0.308 e. The molecular formula is C23H21BrClF2N3O4. The molecule has 180 valence electrons. The highest BCUT2D eigenvalue weighted by Crippen LogP contribution is 2.46. The van der Waals surface area contributed by atoms with Crippen molar-refractivity contribution in [1.29, 1.82) is 0 Å². The summed E-state index contributed by atoms with van der Waals surface area (Å²) in [4.78, 5) is 12.4. The lowest BCUT2D eigenvalue weighted by Crippen LogP contribution is -2.19. The van der Waals surface area contributed by atoms with Crippen LogP contribution in [0.3, 0.4) is 0 Å². The van der Waals surface area contributed by atoms with Crippen molar-refractivity contribution in [3.63, 3.8) is 0 Å². The third kappa shape index (κ3) is 4.54. The molecule has 0 saturated carbocycles. The molecular weight excluding hydrogens is 536 g/mol. The number of alkyl halides is 2. The maximum atomic E-state index is 14.6. The number of rotatable bonds is 6. The highest BCUT2D eigenvalue weighted by molar-refractivity contribution is 9.10. The second-order valence-electron chi connectivity index (χ2n) is 7.69. The Balaban J connectivity index is 1.98. The van der Waals surface area contributed by atoms with Gasteiger partial charge in [0.15, 0.2) is 5.82 Å². The number of methoxy groups -OCH3 is 1. The normalized spacial score (nSPS) is 17.5. The lowest BCUT2D eigenvalue weighted by Gasteiger charge is -2.24. The number of hydrogen-bond acceptors (Lipinski definition) is 6. The summed E-state index contributed by atoms with van der Waals surface area (Å²) in [6.45, 7) is 2.58. The zero-order valence-corrected chi connectivity index (χ0v) is 20.9. The van der Waals surface area contributed by atoms with E-state index in [0.717, 1.165) is 6.92 Å². The minimum atomic E-state index is -3.31. The van der Waals surface area contributed by atoms with Crippen LogP contribution in [0.5, 0.6) is 5.75 Å². The molecule has 2 atom stereocenters. The Morgan fingerprint density at radius 2 is 2.03 bits per heavy atom. The molecule has 7 nitrogen and oxygen atoms in total. The number of nitrogens with zero attached hydrogens (tertiary/aromatic N) is 3. The predicted molar refractivity (Wildman–Crippen MR) is 124 cm³/mol. The molecule has 0 aliphatic carbocycles. The molecule has 2 aromatic carbocycles. The summed E-state index contributed by atoms with van der Waals surface area (Å²) in [7, 11) is 1.53. The van der Waals surface area contributed by atoms with Crippen molar-refractivity contribution in [3.8, 4) is 11.4 Å². The van der Waals surface area contributed by atoms with Crippen molar-refractivity contribution in [2.75, 3.05) is 13.7 Å². The van der Waals surface area contributed by atoms with E-state index in [1.807, 2.05) is 6.07 Å². The van der Waals surface area contributed by atoms with Crippen molar-refractivity contribution in [3.05, 3.63) is 68.7 Å². The number of aromatic nitrogens is 3. The summed E-state index contributed by atoms with van der Waals surface area (Å²) < 4.78 is 47.9. The molecule has 34 heavy (non-hydrogen) atoms. The van der Waals surface area contributed by atoms with Crippen molar-refractivity contribution < 1.29 is 27.8 Å². The maximum absolute atomic E-state index is 14.6. The SMILES string of the molecule is CCOC(=O)C[C@H]1O[C@H](c2cccc(OC)c2Br)c2cc(Cl)ccc2-n2c1nnc2C(C)(F)F. The Labute approximate surface area is 208 Å². The summed E-state index contributed by atoms with van der Waals surface area (Å²) in [5.74, 6) is -3.83. The first-order valence-electron chi connectivity index (χ1n) is 10.4. The van der Waals surface area contributed by atoms with Crippen LogP contribution in [-0.4, -0.2) is 34.5 Å². The molecule has 4 rings (SSSR count). The van der Waals surface area contributed by atoms with E-state index in [0.29, 0.717) is 32.1 Å². The van der Waals surface area contributed by atoms with Gasteiger partial charge in [0.05, 0.1) is 30.3 Å². The molecule has 1 aliphatic rings. The van der Waals surface area contributed by atoms with Gasteiger partial charge in [-0.3, -0.25) is 9.36 Å². The Hall–Kier alpha value is -2.56. The molecule has 0 amide bonds. The fraction of sp³-hybridized carbons (Fsp3) is 0.348. The van der Waals surface area contributed by atoms with E-state index in [9.17, 15) is 13.6 Å². The summed E-state index contributed by atoms with van der Waals surface area (Å²) in [6, 6.07) is 10.2. The van der Waals surface area contributed by atoms with Crippen LogP contribution in [0.4, 0.5) is 8.78 Å². The van der Waals surface area contributed by atoms with Gasteiger partial charge in [-0.25, -0.2) is 0 Å². The van der Waals surface area contributed by atoms with Crippen molar-refractivity contribution in [1.82, 2.24) is 14.8 Å². The molecule has 0 saturated heterocycles. The number of carbonyl (C=O) groups excluding carboxylic acids is 1. The van der Waals surface area contributed by atoms with Gasteiger partial charge >= 0.3 is 11.9 Å². The zero-order valence-electron chi connectivity index (χ0n) is 18.5. The van der Waals surface area contributed by atoms with Gasteiger partial charge < -0.3 is 14.2 Å². The van der Waals surface area contributed by atoms with E-state index in [4.69, 9.17) is 25.8 Å². The van der Waals surface area contributed by atoms with Crippen LogP contribution in [0, 0.1) is 0 Å². The topological polar surface area (TPSA) is 75.5 Å². The summed E-state index contributed by atoms with van der Waals surface area (Å²) in [5, 5.41) is 8.14. The minimum Gasteiger partial charge on any atom is -0.496 e. The average Bonchev–Trinajstić information content (AvgIpc) is 3.18. The number of halogens is 4. The van der Waals surface area contributed by atoms with E-state index in [1.165, 1.54) is 11.7 Å². The molecule has 0 bridgehead atoms. The molecule has 1 aromatic heterocycles. The molecule has 2 heterocycles. The molecule has 0 unspecified atom stereocenters. The monoisotopic (exact) mass is 555 g/mol. The molecule has 3 aromatic rings. The van der Waals surface area contributed by atoms with Gasteiger partial charge in [-0.1, -0.05) is 23.7 Å². The summed E-state index contributed by atoms with van der Waals surface area (Å²) in [6.07, 6.45) is -2.09. The number of ether oxygens (including phenoxy) is 3. The summed E-state index contributed by atoms with van der Waals surface area (Å²) in [5.41, 5.74) is 1.52. The third-order valence-electron chi connectivity index (χ3n) is 5.33. The second kappa shape index (κ2) is 9.59. The van der Waals surface area contributed by atoms with E-state index in [-0.39, 0.29) is 18.9 Å². The lowest BCUT2D eigenvalue weighted by molar-refractivity contribution is -0.147. The first-order chi connectivity index (χ1) is 16.2. The Morgan fingerprint density at radius 1 is 1.26 bits per heavy atom. The minimum absolute atomic E-state index is 0.0645. The first-order valence-corrected chi connectivity index (χ1v) is 11.6. The summed E-state index contributed by atoms with van der Waals surface area (Å²) >= 11 is 9.88. The number of fused-ring (bicyclic) bond motifs is 3. The van der Waals surface area contributed by atoms with Crippen LogP contribution in [0.15, 0.2) is 40.9 Å². The van der Waals surface area contributed by atoms with Gasteiger partial charge in [0.25, 0.3) is 0 Å². The van der Waals surface area contributed by atoms with Crippen molar-refractivity contribution in [2.45, 2.75) is 38.4 Å². The fourth-order valence-corrected chi connectivity index (χ4v) is 4.72. The Kier molecular flexibility index (Phi) is 6.93. The van der Waals surface area contributed by atoms with Gasteiger partial charge in [0, 0.05) is 23.1 Å². The quantitative estimate of drug-likeness (QED) is 0.351. The number of benzene rings is 2. The lowest BCUT2D eigenvalue weighted by atomic mass is 9.99. The van der Waals surface area contributed by atoms with Crippen LogP contribution in [0.2, 0.25) is 5.02 Å². The molecule has 0 spiro atoms. The van der Waals surface area contributed by atoms with Crippen LogP contribution >= 0.6 is 27.5 Å². The van der Waals surface area contributed by atoms with Gasteiger partial charge in [0.1, 0.15) is 18.0 Å². The highest BCUT2D eigenvalue weighted by atomic mass is 79.9. The second-order valence-corrected chi connectivity index (χ2v) is 8.92. The number of esters is 1. The Bertz CT molecular complexity index is 1230. The predicted octanol–water partition coefficient (Wildman–Crippen LogP) is 5.92. The van der Waals surface area contributed by atoms with Crippen LogP contribution in [0.25, 0.3) is 5.69 Å². The molecule has 11 heteroatoms. The third-order valence-corrected chi connectivity index (χ3v) is 6.42. The number of hydrogen-bond donors (Lipinski definition) is 0. The van der Waals surface area contributed by atoms with Gasteiger partial charge in [-0.05, 0) is 47.1 Å². The van der Waals surface area contributed by atoms with Gasteiger partial charge in [-0.15, -0.1) is 10.2 Å². The van der Waals surface area contributed by atoms with E-state index in [2.05, 4.69) is 26.1 Å². The van der Waals surface area contributed by atoms with Gasteiger partial charge in [-0.2, -0.15) is 8.78 Å². The van der Waals surface area contributed by atoms with Crippen LogP contribution in [-0.2, 0) is 20.2 Å². The largest absolute Gasteiger partial charge is 0.496 e. The van der Waals surface area contributed by atoms with Crippen molar-refractivity contribution >= 4 is 33.5 Å². The van der Waals surface area contributed by atoms with E-state index < -0.39 is 29.9 Å². The zero-order chi connectivity index (χ0) is 24.6. The molecule has 0 fully saturated rings. The first kappa shape index (κ1) is 24.6. The van der Waals surface area contributed by atoms with E-state index in [1.54, 1.807) is 37.3 Å². The molecule has 1 aliphatic heterocycles. The fourth-order valence-electron chi connectivity index (χ4n) is 3.90. The standard InChI is InChI=1S/C23H21BrClF2N3O4/c1-4-33-18(31)11-17-21-28-29-22(23(2,26)27)30(21)15-9-8-12(25)10-14(15)20(34-17)13-6-5-7-16(32-3)19(13)24/h5-10,17,20H,4,11H2,1-3H3/t17-,20-/m1/s1.